The van der Waals surface area contributed by atoms with Crippen LogP contribution in [0, 0.1) is 13.8 Å². The topological polar surface area (TPSA) is 75.9 Å². The smallest absolute Gasteiger partial charge is 0.340 e. The van der Waals surface area contributed by atoms with E-state index in [-0.39, 0.29) is 11.3 Å². The van der Waals surface area contributed by atoms with Gasteiger partial charge in [-0.2, -0.15) is 13.2 Å². The number of nitrogens with zero attached hydrogens (tertiary/aromatic N) is 2. The third-order valence-corrected chi connectivity index (χ3v) is 2.80. The molecule has 0 saturated heterocycles. The molecule has 4 N–H and O–H groups in total. The van der Waals surface area contributed by atoms with Crippen molar-refractivity contribution in [2.75, 3.05) is 10.7 Å². The quantitative estimate of drug-likeness (QED) is 0.599. The number of hydrazine groups is 1. The average Bonchev–Trinajstić information content (AvgIpc) is 2.39. The van der Waals surface area contributed by atoms with Gasteiger partial charge in [-0.15, -0.1) is 0 Å². The van der Waals surface area contributed by atoms with Gasteiger partial charge in [0.15, 0.2) is 0 Å². The maximum atomic E-state index is 12.9. The largest absolute Gasteiger partial charge is 0.416 e. The molecule has 0 unspecified atom stereocenters. The van der Waals surface area contributed by atoms with Crippen molar-refractivity contribution in [1.82, 2.24) is 9.97 Å². The van der Waals surface area contributed by atoms with Crippen LogP contribution in [0.1, 0.15) is 17.0 Å². The van der Waals surface area contributed by atoms with Crippen LogP contribution in [0.2, 0.25) is 0 Å². The van der Waals surface area contributed by atoms with Gasteiger partial charge in [0, 0.05) is 11.8 Å². The first-order valence-corrected chi connectivity index (χ1v) is 6.07. The number of nitrogen functional groups attached to an aromatic ring is 1. The second-order valence-electron chi connectivity index (χ2n) is 4.48. The lowest BCUT2D eigenvalue weighted by atomic mass is 10.1. The van der Waals surface area contributed by atoms with Crippen molar-refractivity contribution in [2.45, 2.75) is 20.0 Å². The number of nitrogens with one attached hydrogen (secondary N) is 2. The maximum Gasteiger partial charge on any atom is 0.416 e. The zero-order valence-corrected chi connectivity index (χ0v) is 11.4. The first kappa shape index (κ1) is 15.0. The predicted octanol–water partition coefficient (Wildman–Crippen LogP) is 3.14. The van der Waals surface area contributed by atoms with Crippen molar-refractivity contribution in [3.05, 3.63) is 41.2 Å². The molecule has 0 atom stereocenters. The second kappa shape index (κ2) is 5.57. The lowest BCUT2D eigenvalue weighted by Crippen LogP contribution is -2.11. The van der Waals surface area contributed by atoms with Crippen molar-refractivity contribution in [3.8, 4) is 0 Å². The minimum Gasteiger partial charge on any atom is -0.340 e. The number of aromatic nitrogens is 2. The van der Waals surface area contributed by atoms with Gasteiger partial charge in [-0.1, -0.05) is 6.07 Å². The molecule has 2 rings (SSSR count). The van der Waals surface area contributed by atoms with Crippen LogP contribution >= 0.6 is 0 Å². The fraction of sp³-hybridized carbons (Fsp3) is 0.231. The number of aryl methyl sites for hydroxylation is 2. The number of benzene rings is 1. The number of hydrogen-bond donors (Lipinski definition) is 3. The summed E-state index contributed by atoms with van der Waals surface area (Å²) in [6.07, 6.45) is -4.40. The molecule has 0 bridgehead atoms. The Labute approximate surface area is 119 Å². The SMILES string of the molecule is Cc1nc(NN)cc(Nc2ccc(C)c(C(F)(F)F)c2)n1. The van der Waals surface area contributed by atoms with Gasteiger partial charge in [-0.3, -0.25) is 0 Å². The van der Waals surface area contributed by atoms with E-state index in [1.54, 1.807) is 13.0 Å². The summed E-state index contributed by atoms with van der Waals surface area (Å²) in [6.45, 7) is 3.07. The molecule has 0 radical (unpaired) electrons. The summed E-state index contributed by atoms with van der Waals surface area (Å²) < 4.78 is 38.6. The molecule has 0 aliphatic carbocycles. The maximum absolute atomic E-state index is 12.9. The molecule has 0 aliphatic heterocycles. The number of rotatable bonds is 3. The van der Waals surface area contributed by atoms with Crippen LogP contribution in [0.3, 0.4) is 0 Å². The van der Waals surface area contributed by atoms with Gasteiger partial charge in [0.05, 0.1) is 5.56 Å². The molecule has 0 fully saturated rings. The second-order valence-corrected chi connectivity index (χ2v) is 4.48. The Bertz CT molecular complexity index is 655. The van der Waals surface area contributed by atoms with Gasteiger partial charge < -0.3 is 10.7 Å². The molecule has 1 aromatic carbocycles. The van der Waals surface area contributed by atoms with E-state index in [4.69, 9.17) is 5.84 Å². The molecule has 0 saturated carbocycles. The highest BCUT2D eigenvalue weighted by molar-refractivity contribution is 5.60. The normalized spacial score (nSPS) is 11.3. The van der Waals surface area contributed by atoms with E-state index < -0.39 is 11.7 Å². The zero-order chi connectivity index (χ0) is 15.6. The molecule has 21 heavy (non-hydrogen) atoms. The van der Waals surface area contributed by atoms with Gasteiger partial charge in [0.1, 0.15) is 17.5 Å². The zero-order valence-electron chi connectivity index (χ0n) is 11.4. The summed E-state index contributed by atoms with van der Waals surface area (Å²) in [5.74, 6) is 6.43. The monoisotopic (exact) mass is 297 g/mol. The van der Waals surface area contributed by atoms with E-state index in [1.807, 2.05) is 0 Å². The van der Waals surface area contributed by atoms with E-state index in [0.29, 0.717) is 17.5 Å². The number of anilines is 3. The fourth-order valence-electron chi connectivity index (χ4n) is 1.86. The molecule has 1 heterocycles. The minimum absolute atomic E-state index is 0.163. The number of alkyl halides is 3. The first-order chi connectivity index (χ1) is 9.79. The van der Waals surface area contributed by atoms with Gasteiger partial charge in [0.2, 0.25) is 0 Å². The molecular weight excluding hydrogens is 283 g/mol. The van der Waals surface area contributed by atoms with E-state index in [1.165, 1.54) is 19.1 Å². The summed E-state index contributed by atoms with van der Waals surface area (Å²) >= 11 is 0. The van der Waals surface area contributed by atoms with Crippen LogP contribution in [0.5, 0.6) is 0 Å². The Kier molecular flexibility index (Phi) is 3.99. The predicted molar refractivity (Wildman–Crippen MR) is 74.0 cm³/mol. The summed E-state index contributed by atoms with van der Waals surface area (Å²) in [7, 11) is 0. The van der Waals surface area contributed by atoms with Crippen LogP contribution in [-0.4, -0.2) is 9.97 Å². The van der Waals surface area contributed by atoms with Crippen molar-refractivity contribution < 1.29 is 13.2 Å². The van der Waals surface area contributed by atoms with Crippen molar-refractivity contribution in [3.63, 3.8) is 0 Å². The average molecular weight is 297 g/mol. The summed E-state index contributed by atoms with van der Waals surface area (Å²) in [5.41, 5.74) is 2.13. The summed E-state index contributed by atoms with van der Waals surface area (Å²) in [6, 6.07) is 5.50. The third-order valence-electron chi connectivity index (χ3n) is 2.80. The van der Waals surface area contributed by atoms with Crippen LogP contribution < -0.4 is 16.6 Å². The Balaban J connectivity index is 2.34. The molecular formula is C13H14F3N5. The molecule has 112 valence electrons. The van der Waals surface area contributed by atoms with E-state index >= 15 is 0 Å². The standard InChI is InChI=1S/C13H14F3N5/c1-7-3-4-9(5-10(7)13(14,15)16)20-11-6-12(21-17)19-8(2)18-11/h3-6H,17H2,1-2H3,(H2,18,19,20,21). The Hall–Kier alpha value is -2.35. The molecule has 2 aromatic rings. The van der Waals surface area contributed by atoms with Crippen LogP contribution in [0.25, 0.3) is 0 Å². The van der Waals surface area contributed by atoms with Crippen molar-refractivity contribution >= 4 is 17.3 Å². The number of halogens is 3. The Morgan fingerprint density at radius 3 is 2.33 bits per heavy atom. The summed E-state index contributed by atoms with van der Waals surface area (Å²) in [5, 5.41) is 2.81. The highest BCUT2D eigenvalue weighted by atomic mass is 19.4. The molecule has 8 heteroatoms. The Morgan fingerprint density at radius 1 is 1.05 bits per heavy atom. The summed E-state index contributed by atoms with van der Waals surface area (Å²) in [4.78, 5) is 8.09. The van der Waals surface area contributed by atoms with Crippen molar-refractivity contribution in [1.29, 1.82) is 0 Å². The highest BCUT2D eigenvalue weighted by Crippen LogP contribution is 2.34. The number of hydrogen-bond acceptors (Lipinski definition) is 5. The lowest BCUT2D eigenvalue weighted by Gasteiger charge is -2.13. The van der Waals surface area contributed by atoms with Gasteiger partial charge in [-0.05, 0) is 31.5 Å². The highest BCUT2D eigenvalue weighted by Gasteiger charge is 2.32. The minimum atomic E-state index is -4.40. The molecule has 0 aliphatic rings. The van der Waals surface area contributed by atoms with Crippen LogP contribution in [-0.2, 0) is 6.18 Å². The molecule has 0 amide bonds. The molecule has 5 nitrogen and oxygen atoms in total. The van der Waals surface area contributed by atoms with Gasteiger partial charge in [0.25, 0.3) is 0 Å². The van der Waals surface area contributed by atoms with Gasteiger partial charge >= 0.3 is 6.18 Å². The first-order valence-electron chi connectivity index (χ1n) is 6.07. The van der Waals surface area contributed by atoms with E-state index in [9.17, 15) is 13.2 Å². The van der Waals surface area contributed by atoms with E-state index in [0.717, 1.165) is 6.07 Å². The third kappa shape index (κ3) is 3.60. The van der Waals surface area contributed by atoms with Gasteiger partial charge in [-0.25, -0.2) is 15.8 Å². The van der Waals surface area contributed by atoms with Crippen molar-refractivity contribution in [2.24, 2.45) is 5.84 Å². The lowest BCUT2D eigenvalue weighted by molar-refractivity contribution is -0.138. The van der Waals surface area contributed by atoms with Crippen LogP contribution in [0.4, 0.5) is 30.5 Å². The van der Waals surface area contributed by atoms with Crippen LogP contribution in [0.15, 0.2) is 24.3 Å². The molecule has 1 aromatic heterocycles. The number of nitrogens with two attached hydrogens (primary N) is 1. The Morgan fingerprint density at radius 2 is 1.71 bits per heavy atom. The fourth-order valence-corrected chi connectivity index (χ4v) is 1.86. The van der Waals surface area contributed by atoms with E-state index in [2.05, 4.69) is 20.7 Å². The molecule has 0 spiro atoms.